The summed E-state index contributed by atoms with van der Waals surface area (Å²) >= 11 is 0. The van der Waals surface area contributed by atoms with Crippen LogP contribution in [0.5, 0.6) is 11.5 Å². The van der Waals surface area contributed by atoms with Crippen LogP contribution in [0.25, 0.3) is 0 Å². The molecule has 2 aliphatic rings. The molecule has 5 nitrogen and oxygen atoms in total. The first-order valence-corrected chi connectivity index (χ1v) is 10.0. The second kappa shape index (κ2) is 8.80. The third kappa shape index (κ3) is 4.88. The highest BCUT2D eigenvalue weighted by Crippen LogP contribution is 2.38. The highest BCUT2D eigenvalue weighted by Gasteiger charge is 2.31. The molecule has 0 radical (unpaired) electrons. The van der Waals surface area contributed by atoms with Crippen LogP contribution < -0.4 is 14.8 Å². The first-order valence-electron chi connectivity index (χ1n) is 10.0. The van der Waals surface area contributed by atoms with E-state index < -0.39 is 11.7 Å². The summed E-state index contributed by atoms with van der Waals surface area (Å²) in [5.41, 5.74) is 0.481. The van der Waals surface area contributed by atoms with Gasteiger partial charge in [-0.2, -0.15) is 13.2 Å². The number of benzene rings is 2. The summed E-state index contributed by atoms with van der Waals surface area (Å²) in [5, 5.41) is 2.74. The number of nitrogens with zero attached hydrogens (tertiary/aromatic N) is 1. The third-order valence-electron chi connectivity index (χ3n) is 5.22. The molecule has 8 heteroatoms. The van der Waals surface area contributed by atoms with Gasteiger partial charge in [-0.1, -0.05) is 24.0 Å². The second-order valence-electron chi connectivity index (χ2n) is 7.29. The number of carbonyl (C=O) groups excluding carboxylic acids is 1. The summed E-state index contributed by atoms with van der Waals surface area (Å²) < 4.78 is 49.5. The summed E-state index contributed by atoms with van der Waals surface area (Å²) in [6.45, 7) is 1.67. The van der Waals surface area contributed by atoms with E-state index in [1.165, 1.54) is 12.1 Å². The standard InChI is InChI=1S/C23H21F3N2O3/c24-23(25,26)18-6-1-4-16(14-18)5-2-10-27-22(29)28-11-3-7-19(28)17-8-9-20-21(15-17)31-13-12-30-20/h1,4,6,8-9,14-15,19H,3,7,10-13H2,(H,27,29). The molecule has 2 heterocycles. The number of hydrogen-bond donors (Lipinski definition) is 1. The molecular weight excluding hydrogens is 409 g/mol. The fraction of sp³-hybridized carbons (Fsp3) is 0.348. The maximum atomic E-state index is 12.8. The zero-order valence-corrected chi connectivity index (χ0v) is 16.7. The number of carbonyl (C=O) groups is 1. The third-order valence-corrected chi connectivity index (χ3v) is 5.22. The number of hydrogen-bond acceptors (Lipinski definition) is 3. The number of fused-ring (bicyclic) bond motifs is 1. The highest BCUT2D eigenvalue weighted by molar-refractivity contribution is 5.75. The first-order chi connectivity index (χ1) is 14.9. The number of ether oxygens (including phenoxy) is 2. The van der Waals surface area contributed by atoms with Crippen molar-refractivity contribution in [2.24, 2.45) is 0 Å². The molecule has 2 aliphatic heterocycles. The van der Waals surface area contributed by atoms with Gasteiger partial charge in [0.1, 0.15) is 13.2 Å². The first kappa shape index (κ1) is 20.9. The Morgan fingerprint density at radius 3 is 2.74 bits per heavy atom. The summed E-state index contributed by atoms with van der Waals surface area (Å²) in [5.74, 6) is 6.77. The molecule has 1 saturated heterocycles. The fourth-order valence-electron chi connectivity index (χ4n) is 3.76. The number of alkyl halides is 3. The van der Waals surface area contributed by atoms with Crippen molar-refractivity contribution in [3.8, 4) is 23.3 Å². The van der Waals surface area contributed by atoms with Crippen molar-refractivity contribution in [1.29, 1.82) is 0 Å². The van der Waals surface area contributed by atoms with Crippen molar-refractivity contribution >= 4 is 6.03 Å². The molecule has 0 bridgehead atoms. The number of nitrogens with one attached hydrogen (secondary N) is 1. The smallest absolute Gasteiger partial charge is 0.416 e. The minimum absolute atomic E-state index is 0.0411. The van der Waals surface area contributed by atoms with Crippen molar-refractivity contribution in [3.63, 3.8) is 0 Å². The predicted molar refractivity (Wildman–Crippen MR) is 108 cm³/mol. The molecule has 2 aromatic carbocycles. The summed E-state index contributed by atoms with van der Waals surface area (Å²) in [6.07, 6.45) is -2.70. The van der Waals surface area contributed by atoms with Crippen LogP contribution in [0.1, 0.15) is 35.6 Å². The minimum Gasteiger partial charge on any atom is -0.486 e. The lowest BCUT2D eigenvalue weighted by Crippen LogP contribution is -2.39. The van der Waals surface area contributed by atoms with Crippen LogP contribution in [0.4, 0.5) is 18.0 Å². The maximum Gasteiger partial charge on any atom is 0.416 e. The van der Waals surface area contributed by atoms with Crippen LogP contribution in [0.3, 0.4) is 0 Å². The lowest BCUT2D eigenvalue weighted by atomic mass is 10.0. The normalized spacial score (nSPS) is 17.6. The molecule has 0 spiro atoms. The van der Waals surface area contributed by atoms with Gasteiger partial charge in [-0.15, -0.1) is 0 Å². The molecule has 31 heavy (non-hydrogen) atoms. The molecule has 0 aliphatic carbocycles. The fourth-order valence-corrected chi connectivity index (χ4v) is 3.76. The number of rotatable bonds is 2. The van der Waals surface area contributed by atoms with Crippen LogP contribution in [-0.4, -0.2) is 37.2 Å². The van der Waals surface area contributed by atoms with Gasteiger partial charge in [-0.05, 0) is 48.7 Å². The van der Waals surface area contributed by atoms with E-state index in [4.69, 9.17) is 9.47 Å². The van der Waals surface area contributed by atoms with E-state index in [-0.39, 0.29) is 24.2 Å². The van der Waals surface area contributed by atoms with Gasteiger partial charge in [0.05, 0.1) is 18.2 Å². The highest BCUT2D eigenvalue weighted by atomic mass is 19.4. The molecule has 1 fully saturated rings. The van der Waals surface area contributed by atoms with Crippen molar-refractivity contribution < 1.29 is 27.4 Å². The second-order valence-corrected chi connectivity index (χ2v) is 7.29. The van der Waals surface area contributed by atoms with Gasteiger partial charge in [0, 0.05) is 12.1 Å². The van der Waals surface area contributed by atoms with Gasteiger partial charge in [0.15, 0.2) is 11.5 Å². The van der Waals surface area contributed by atoms with Gasteiger partial charge >= 0.3 is 12.2 Å². The van der Waals surface area contributed by atoms with Crippen molar-refractivity contribution in [2.75, 3.05) is 26.3 Å². The molecule has 0 saturated carbocycles. The number of halogens is 3. The van der Waals surface area contributed by atoms with E-state index in [9.17, 15) is 18.0 Å². The average Bonchev–Trinajstić information content (AvgIpc) is 3.26. The molecular formula is C23H21F3N2O3. The largest absolute Gasteiger partial charge is 0.486 e. The molecule has 2 amide bonds. The summed E-state index contributed by atoms with van der Waals surface area (Å²) in [7, 11) is 0. The van der Waals surface area contributed by atoms with Crippen LogP contribution in [0.2, 0.25) is 0 Å². The zero-order chi connectivity index (χ0) is 21.8. The van der Waals surface area contributed by atoms with E-state index in [2.05, 4.69) is 17.2 Å². The number of urea groups is 1. The lowest BCUT2D eigenvalue weighted by Gasteiger charge is -2.26. The Morgan fingerprint density at radius 2 is 1.94 bits per heavy atom. The van der Waals surface area contributed by atoms with E-state index in [1.807, 2.05) is 18.2 Å². The van der Waals surface area contributed by atoms with Crippen LogP contribution in [0.15, 0.2) is 42.5 Å². The topological polar surface area (TPSA) is 50.8 Å². The van der Waals surface area contributed by atoms with Crippen molar-refractivity contribution in [2.45, 2.75) is 25.1 Å². The quantitative estimate of drug-likeness (QED) is 0.720. The summed E-state index contributed by atoms with van der Waals surface area (Å²) in [4.78, 5) is 14.4. The zero-order valence-electron chi connectivity index (χ0n) is 16.7. The van der Waals surface area contributed by atoms with Crippen LogP contribution in [-0.2, 0) is 6.18 Å². The van der Waals surface area contributed by atoms with E-state index in [0.717, 1.165) is 30.5 Å². The van der Waals surface area contributed by atoms with Crippen LogP contribution in [0, 0.1) is 11.8 Å². The molecule has 2 aromatic rings. The summed E-state index contributed by atoms with van der Waals surface area (Å²) in [6, 6.07) is 10.2. The van der Waals surface area contributed by atoms with E-state index >= 15 is 0 Å². The molecule has 1 N–H and O–H groups in total. The Hall–Kier alpha value is -3.34. The molecule has 0 aromatic heterocycles. The van der Waals surface area contributed by atoms with Gasteiger partial charge in [0.2, 0.25) is 0 Å². The Morgan fingerprint density at radius 1 is 1.13 bits per heavy atom. The maximum absolute atomic E-state index is 12.8. The predicted octanol–water partition coefficient (Wildman–Crippen LogP) is 4.37. The van der Waals surface area contributed by atoms with Gasteiger partial charge < -0.3 is 19.7 Å². The Kier molecular flexibility index (Phi) is 5.94. The molecule has 1 atom stereocenters. The monoisotopic (exact) mass is 430 g/mol. The molecule has 162 valence electrons. The van der Waals surface area contributed by atoms with Crippen LogP contribution >= 0.6 is 0 Å². The Bertz CT molecular complexity index is 1030. The van der Waals surface area contributed by atoms with E-state index in [1.54, 1.807) is 4.90 Å². The van der Waals surface area contributed by atoms with Crippen molar-refractivity contribution in [1.82, 2.24) is 10.2 Å². The van der Waals surface area contributed by atoms with Crippen molar-refractivity contribution in [3.05, 3.63) is 59.2 Å². The number of amides is 2. The molecule has 1 unspecified atom stereocenters. The Labute approximate surface area is 178 Å². The van der Waals surface area contributed by atoms with Gasteiger partial charge in [0.25, 0.3) is 0 Å². The van der Waals surface area contributed by atoms with E-state index in [0.29, 0.717) is 31.3 Å². The SMILES string of the molecule is O=C(NCC#Cc1cccc(C(F)(F)F)c1)N1CCCC1c1ccc2c(c1)OCCO2. The lowest BCUT2D eigenvalue weighted by molar-refractivity contribution is -0.137. The Balaban J connectivity index is 1.37. The molecule has 4 rings (SSSR count). The minimum atomic E-state index is -4.41. The van der Waals surface area contributed by atoms with Gasteiger partial charge in [-0.25, -0.2) is 4.79 Å². The average molecular weight is 430 g/mol. The number of likely N-dealkylation sites (tertiary alicyclic amines) is 1. The van der Waals surface area contributed by atoms with Gasteiger partial charge in [-0.3, -0.25) is 0 Å².